The van der Waals surface area contributed by atoms with Gasteiger partial charge in [-0.15, -0.1) is 0 Å². The van der Waals surface area contributed by atoms with Crippen molar-refractivity contribution in [1.29, 1.82) is 0 Å². The van der Waals surface area contributed by atoms with E-state index in [2.05, 4.69) is 0 Å². The number of halogens is 1. The van der Waals surface area contributed by atoms with E-state index in [9.17, 15) is 14.7 Å². The Balaban J connectivity index is 2.07. The fourth-order valence-electron chi connectivity index (χ4n) is 2.59. The number of rotatable bonds is 2. The molecule has 2 amide bonds. The van der Waals surface area contributed by atoms with E-state index in [1.165, 1.54) is 0 Å². The highest BCUT2D eigenvalue weighted by Crippen LogP contribution is 2.34. The number of amides is 2. The highest BCUT2D eigenvalue weighted by molar-refractivity contribution is 6.45. The summed E-state index contributed by atoms with van der Waals surface area (Å²) in [5.74, 6) is -1.80. The van der Waals surface area contributed by atoms with Crippen molar-refractivity contribution in [1.82, 2.24) is 0 Å². The molecule has 23 heavy (non-hydrogen) atoms. The van der Waals surface area contributed by atoms with E-state index in [0.717, 1.165) is 10.5 Å². The van der Waals surface area contributed by atoms with E-state index < -0.39 is 17.6 Å². The van der Waals surface area contributed by atoms with Crippen LogP contribution in [0.4, 0.5) is 5.69 Å². The predicted molar refractivity (Wildman–Crippen MR) is 89.4 cm³/mol. The van der Waals surface area contributed by atoms with Crippen molar-refractivity contribution in [3.8, 4) is 0 Å². The van der Waals surface area contributed by atoms with Crippen LogP contribution in [0.15, 0.2) is 48.2 Å². The first-order valence-electron chi connectivity index (χ1n) is 7.05. The van der Waals surface area contributed by atoms with Gasteiger partial charge in [-0.3, -0.25) is 9.59 Å². The molecule has 2 aromatic carbocycles. The number of carbonyl (C=O) groups excluding carboxylic acids is 2. The summed E-state index contributed by atoms with van der Waals surface area (Å²) in [5.41, 5.74) is 2.65. The van der Waals surface area contributed by atoms with Crippen LogP contribution >= 0.6 is 11.6 Å². The number of nitrogens with zero attached hydrogens (tertiary/aromatic N) is 1. The normalized spacial score (nSPS) is 14.8. The quantitative estimate of drug-likeness (QED) is 0.853. The lowest BCUT2D eigenvalue weighted by atomic mass is 10.0. The van der Waals surface area contributed by atoms with Gasteiger partial charge in [0.1, 0.15) is 0 Å². The Morgan fingerprint density at radius 1 is 0.957 bits per heavy atom. The van der Waals surface area contributed by atoms with Crippen molar-refractivity contribution in [2.45, 2.75) is 13.8 Å². The van der Waals surface area contributed by atoms with E-state index in [4.69, 9.17) is 11.6 Å². The molecule has 1 aliphatic rings. The lowest BCUT2D eigenvalue weighted by molar-refractivity contribution is -0.121. The van der Waals surface area contributed by atoms with Gasteiger partial charge >= 0.3 is 5.91 Å². The zero-order valence-electron chi connectivity index (χ0n) is 12.6. The molecule has 0 saturated carbocycles. The maximum absolute atomic E-state index is 12.7. The number of anilines is 1. The van der Waals surface area contributed by atoms with E-state index >= 15 is 0 Å². The Morgan fingerprint density at radius 2 is 1.61 bits per heavy atom. The molecule has 0 radical (unpaired) electrons. The smallest absolute Gasteiger partial charge is 0.301 e. The summed E-state index contributed by atoms with van der Waals surface area (Å²) >= 11 is 5.92. The zero-order valence-corrected chi connectivity index (χ0v) is 13.4. The van der Waals surface area contributed by atoms with Gasteiger partial charge in [0.25, 0.3) is 5.91 Å². The molecule has 0 aliphatic carbocycles. The van der Waals surface area contributed by atoms with E-state index in [1.807, 2.05) is 19.1 Å². The van der Waals surface area contributed by atoms with Crippen molar-refractivity contribution in [3.63, 3.8) is 0 Å². The maximum Gasteiger partial charge on any atom is 0.301 e. The second-order valence-electron chi connectivity index (χ2n) is 5.47. The van der Waals surface area contributed by atoms with Crippen LogP contribution in [0.5, 0.6) is 0 Å². The molecule has 1 heterocycles. The Morgan fingerprint density at radius 3 is 2.22 bits per heavy atom. The number of aliphatic hydroxyl groups excluding tert-OH is 1. The van der Waals surface area contributed by atoms with Gasteiger partial charge in [0, 0.05) is 5.02 Å². The molecule has 5 heteroatoms. The molecule has 0 spiro atoms. The Hall–Kier alpha value is -2.59. The van der Waals surface area contributed by atoms with Crippen LogP contribution in [0, 0.1) is 13.8 Å². The molecule has 116 valence electrons. The molecule has 0 aromatic heterocycles. The highest BCUT2D eigenvalue weighted by Gasteiger charge is 2.40. The summed E-state index contributed by atoms with van der Waals surface area (Å²) in [6.45, 7) is 3.67. The van der Waals surface area contributed by atoms with Crippen LogP contribution in [0.2, 0.25) is 5.02 Å². The molecule has 0 bridgehead atoms. The molecule has 0 atom stereocenters. The van der Waals surface area contributed by atoms with Crippen molar-refractivity contribution in [2.75, 3.05) is 4.90 Å². The summed E-state index contributed by atoms with van der Waals surface area (Å²) in [4.78, 5) is 26.1. The SMILES string of the molecule is Cc1ccc(C2=C(O)C(=O)N(c3ccc(Cl)cc3C)C2=O)cc1. The molecule has 2 aromatic rings. The highest BCUT2D eigenvalue weighted by atomic mass is 35.5. The molecule has 1 N–H and O–H groups in total. The lowest BCUT2D eigenvalue weighted by Gasteiger charge is -2.17. The van der Waals surface area contributed by atoms with Crippen LogP contribution in [0.25, 0.3) is 5.57 Å². The Bertz CT molecular complexity index is 853. The molecular weight excluding hydrogens is 314 g/mol. The van der Waals surface area contributed by atoms with E-state index in [-0.39, 0.29) is 5.57 Å². The fraction of sp³-hybridized carbons (Fsp3) is 0.111. The number of aliphatic hydroxyl groups is 1. The number of aryl methyl sites for hydroxylation is 2. The maximum atomic E-state index is 12.7. The molecule has 1 aliphatic heterocycles. The van der Waals surface area contributed by atoms with Crippen molar-refractivity contribution >= 4 is 34.7 Å². The zero-order chi connectivity index (χ0) is 16.7. The Kier molecular flexibility index (Phi) is 3.70. The minimum atomic E-state index is -0.726. The first kappa shape index (κ1) is 15.3. The predicted octanol–water partition coefficient (Wildman–Crippen LogP) is 3.80. The Labute approximate surface area is 138 Å². The average Bonchev–Trinajstić information content (AvgIpc) is 2.72. The first-order chi connectivity index (χ1) is 10.9. The van der Waals surface area contributed by atoms with E-state index in [0.29, 0.717) is 21.8 Å². The van der Waals surface area contributed by atoms with Gasteiger partial charge in [-0.25, -0.2) is 4.90 Å². The number of benzene rings is 2. The van der Waals surface area contributed by atoms with Crippen LogP contribution in [-0.2, 0) is 9.59 Å². The van der Waals surface area contributed by atoms with Crippen LogP contribution in [-0.4, -0.2) is 16.9 Å². The van der Waals surface area contributed by atoms with Gasteiger partial charge < -0.3 is 5.11 Å². The van der Waals surface area contributed by atoms with Gasteiger partial charge in [0.2, 0.25) is 0 Å². The minimum Gasteiger partial charge on any atom is -0.502 e. The molecule has 0 fully saturated rings. The summed E-state index contributed by atoms with van der Waals surface area (Å²) in [7, 11) is 0. The summed E-state index contributed by atoms with van der Waals surface area (Å²) < 4.78 is 0. The molecule has 3 rings (SSSR count). The number of hydrogen-bond acceptors (Lipinski definition) is 3. The van der Waals surface area contributed by atoms with Gasteiger partial charge in [-0.2, -0.15) is 0 Å². The van der Waals surface area contributed by atoms with Crippen molar-refractivity contribution in [2.24, 2.45) is 0 Å². The molecular formula is C18H14ClNO3. The fourth-order valence-corrected chi connectivity index (χ4v) is 2.81. The van der Waals surface area contributed by atoms with Gasteiger partial charge in [-0.05, 0) is 43.2 Å². The van der Waals surface area contributed by atoms with Crippen molar-refractivity contribution in [3.05, 3.63) is 69.9 Å². The van der Waals surface area contributed by atoms with E-state index in [1.54, 1.807) is 37.3 Å². The monoisotopic (exact) mass is 327 g/mol. The topological polar surface area (TPSA) is 57.6 Å². The average molecular weight is 328 g/mol. The third-order valence-corrected chi connectivity index (χ3v) is 4.03. The number of imide groups is 1. The molecule has 0 saturated heterocycles. The van der Waals surface area contributed by atoms with Crippen molar-refractivity contribution < 1.29 is 14.7 Å². The third kappa shape index (κ3) is 2.51. The standard InChI is InChI=1S/C18H14ClNO3/c1-10-3-5-12(6-4-10)15-16(21)18(23)20(17(15)22)14-8-7-13(19)9-11(14)2/h3-9,21H,1-2H3. The second-order valence-corrected chi connectivity index (χ2v) is 5.90. The summed E-state index contributed by atoms with van der Waals surface area (Å²) in [6.07, 6.45) is 0. The largest absolute Gasteiger partial charge is 0.502 e. The lowest BCUT2D eigenvalue weighted by Crippen LogP contribution is -2.32. The summed E-state index contributed by atoms with van der Waals surface area (Å²) in [5, 5.41) is 10.7. The van der Waals surface area contributed by atoms with Gasteiger partial charge in [-0.1, -0.05) is 41.4 Å². The van der Waals surface area contributed by atoms with Crippen LogP contribution in [0.3, 0.4) is 0 Å². The number of hydrogen-bond donors (Lipinski definition) is 1. The molecule has 0 unspecified atom stereocenters. The van der Waals surface area contributed by atoms with Gasteiger partial charge in [0.05, 0.1) is 11.3 Å². The van der Waals surface area contributed by atoms with Crippen LogP contribution < -0.4 is 4.90 Å². The van der Waals surface area contributed by atoms with Crippen LogP contribution in [0.1, 0.15) is 16.7 Å². The first-order valence-corrected chi connectivity index (χ1v) is 7.43. The minimum absolute atomic E-state index is 0.0179. The third-order valence-electron chi connectivity index (χ3n) is 3.80. The summed E-state index contributed by atoms with van der Waals surface area (Å²) in [6, 6.07) is 11.9. The number of carbonyl (C=O) groups is 2. The second kappa shape index (κ2) is 5.56. The molecule has 4 nitrogen and oxygen atoms in total. The van der Waals surface area contributed by atoms with Gasteiger partial charge in [0.15, 0.2) is 5.76 Å².